The fourth-order valence-corrected chi connectivity index (χ4v) is 4.13. The van der Waals surface area contributed by atoms with Gasteiger partial charge in [-0.15, -0.1) is 0 Å². The Hall–Kier alpha value is -2.00. The number of aromatic nitrogens is 1. The molecule has 1 aliphatic heterocycles. The van der Waals surface area contributed by atoms with Gasteiger partial charge in [0.2, 0.25) is 10.0 Å². The van der Waals surface area contributed by atoms with Crippen molar-refractivity contribution in [3.63, 3.8) is 0 Å². The smallest absolute Gasteiger partial charge is 0.309 e. The van der Waals surface area contributed by atoms with Crippen LogP contribution in [-0.2, 0) is 24.3 Å². The highest BCUT2D eigenvalue weighted by atomic mass is 32.2. The lowest BCUT2D eigenvalue weighted by atomic mass is 9.98. The molecule has 150 valence electrons. The molecule has 2 heterocycles. The molecule has 0 aliphatic carbocycles. The van der Waals surface area contributed by atoms with E-state index in [0.29, 0.717) is 12.8 Å². The number of nitrogens with zero attached hydrogens (tertiary/aromatic N) is 2. The first kappa shape index (κ1) is 21.3. The minimum Gasteiger partial charge on any atom is -0.455 e. The zero-order valence-electron chi connectivity index (χ0n) is 15.9. The number of amides is 1. The molecule has 0 saturated carbocycles. The van der Waals surface area contributed by atoms with Crippen LogP contribution in [0.4, 0.5) is 0 Å². The molecule has 9 heteroatoms. The highest BCUT2D eigenvalue weighted by Crippen LogP contribution is 2.24. The van der Waals surface area contributed by atoms with Gasteiger partial charge < -0.3 is 10.1 Å². The minimum atomic E-state index is -3.60. The zero-order valence-corrected chi connectivity index (χ0v) is 16.7. The van der Waals surface area contributed by atoms with Crippen molar-refractivity contribution in [2.45, 2.75) is 44.6 Å². The Bertz CT molecular complexity index is 744. The Labute approximate surface area is 160 Å². The topological polar surface area (TPSA) is 106 Å². The van der Waals surface area contributed by atoms with E-state index in [1.165, 1.54) is 22.8 Å². The molecule has 8 nitrogen and oxygen atoms in total. The summed E-state index contributed by atoms with van der Waals surface area (Å²) in [4.78, 5) is 28.0. The zero-order chi connectivity index (χ0) is 20.0. The summed E-state index contributed by atoms with van der Waals surface area (Å²) >= 11 is 0. The summed E-state index contributed by atoms with van der Waals surface area (Å²) in [5.41, 5.74) is 0. The van der Waals surface area contributed by atoms with E-state index < -0.39 is 21.9 Å². The standard InChI is InChI=1S/C18H27N3O5S/c1-13(2)14(3)20-17(22)12-26-18(23)15-6-9-21(10-7-15)27(24,25)16-5-4-8-19-11-16/h4-5,8,11,13-15H,6-7,9-10,12H2,1-3H3,(H,20,22). The van der Waals surface area contributed by atoms with Crippen molar-refractivity contribution >= 4 is 21.9 Å². The number of nitrogens with one attached hydrogen (secondary N) is 1. The Morgan fingerprint density at radius 3 is 2.52 bits per heavy atom. The van der Waals surface area contributed by atoms with Crippen LogP contribution in [0.3, 0.4) is 0 Å². The molecule has 1 N–H and O–H groups in total. The number of hydrogen-bond acceptors (Lipinski definition) is 6. The number of hydrogen-bond donors (Lipinski definition) is 1. The molecule has 27 heavy (non-hydrogen) atoms. The summed E-state index contributed by atoms with van der Waals surface area (Å²) in [5, 5.41) is 2.77. The van der Waals surface area contributed by atoms with Crippen LogP contribution in [0, 0.1) is 11.8 Å². The van der Waals surface area contributed by atoms with Crippen LogP contribution in [0.5, 0.6) is 0 Å². The minimum absolute atomic E-state index is 0.00266. The summed E-state index contributed by atoms with van der Waals surface area (Å²) < 4.78 is 31.6. The molecular formula is C18H27N3O5S. The van der Waals surface area contributed by atoms with Gasteiger partial charge in [0.05, 0.1) is 5.92 Å². The first-order valence-corrected chi connectivity index (χ1v) is 10.5. The van der Waals surface area contributed by atoms with Crippen LogP contribution in [0.1, 0.15) is 33.6 Å². The van der Waals surface area contributed by atoms with Crippen molar-refractivity contribution in [3.8, 4) is 0 Å². The third kappa shape index (κ3) is 5.74. The van der Waals surface area contributed by atoms with Crippen molar-refractivity contribution < 1.29 is 22.7 Å². The monoisotopic (exact) mass is 397 g/mol. The number of piperidine rings is 1. The number of carbonyl (C=O) groups excluding carboxylic acids is 2. The second-order valence-electron chi connectivity index (χ2n) is 7.08. The van der Waals surface area contributed by atoms with Crippen molar-refractivity contribution in [2.24, 2.45) is 11.8 Å². The number of esters is 1. The molecule has 0 radical (unpaired) electrons. The summed E-state index contributed by atoms with van der Waals surface area (Å²) in [6.07, 6.45) is 3.55. The van der Waals surface area contributed by atoms with Crippen LogP contribution in [0.15, 0.2) is 29.4 Å². The fourth-order valence-electron chi connectivity index (χ4n) is 2.70. The maximum absolute atomic E-state index is 12.6. The molecule has 1 saturated heterocycles. The summed E-state index contributed by atoms with van der Waals surface area (Å²) in [5.74, 6) is -0.904. The average Bonchev–Trinajstić information content (AvgIpc) is 2.66. The molecule has 1 atom stereocenters. The number of carbonyl (C=O) groups is 2. The molecule has 1 aromatic heterocycles. The van der Waals surface area contributed by atoms with Crippen molar-refractivity contribution in [3.05, 3.63) is 24.5 Å². The Morgan fingerprint density at radius 2 is 1.96 bits per heavy atom. The molecule has 1 fully saturated rings. The average molecular weight is 397 g/mol. The van der Waals surface area contributed by atoms with Gasteiger partial charge in [-0.1, -0.05) is 13.8 Å². The lowest BCUT2D eigenvalue weighted by Gasteiger charge is -2.30. The third-order valence-corrected chi connectivity index (χ3v) is 6.68. The van der Waals surface area contributed by atoms with Gasteiger partial charge in [0.25, 0.3) is 5.91 Å². The van der Waals surface area contributed by atoms with Gasteiger partial charge in [-0.2, -0.15) is 4.31 Å². The van der Waals surface area contributed by atoms with Crippen LogP contribution < -0.4 is 5.32 Å². The maximum Gasteiger partial charge on any atom is 0.309 e. The second kappa shape index (κ2) is 9.27. The predicted molar refractivity (Wildman–Crippen MR) is 99.1 cm³/mol. The van der Waals surface area contributed by atoms with Gasteiger partial charge >= 0.3 is 5.97 Å². The molecule has 1 unspecified atom stereocenters. The van der Waals surface area contributed by atoms with Gasteiger partial charge in [0.1, 0.15) is 4.90 Å². The highest BCUT2D eigenvalue weighted by Gasteiger charge is 2.33. The molecule has 2 rings (SSSR count). The summed E-state index contributed by atoms with van der Waals surface area (Å²) in [7, 11) is -3.60. The van der Waals surface area contributed by atoms with Crippen LogP contribution in [0.2, 0.25) is 0 Å². The van der Waals surface area contributed by atoms with Crippen molar-refractivity contribution in [1.82, 2.24) is 14.6 Å². The summed E-state index contributed by atoms with van der Waals surface area (Å²) in [6.45, 7) is 6.02. The first-order chi connectivity index (χ1) is 12.7. The molecule has 1 aromatic rings. The molecule has 0 aromatic carbocycles. The number of sulfonamides is 1. The number of rotatable bonds is 7. The molecule has 0 spiro atoms. The van der Waals surface area contributed by atoms with Crippen LogP contribution in [-0.4, -0.2) is 55.3 Å². The van der Waals surface area contributed by atoms with E-state index in [9.17, 15) is 18.0 Å². The lowest BCUT2D eigenvalue weighted by molar-refractivity contribution is -0.153. The normalized spacial score (nSPS) is 17.5. The Morgan fingerprint density at radius 1 is 1.30 bits per heavy atom. The maximum atomic E-state index is 12.6. The van der Waals surface area contributed by atoms with Gasteiger partial charge in [-0.05, 0) is 37.8 Å². The van der Waals surface area contributed by atoms with Gasteiger partial charge in [-0.25, -0.2) is 8.42 Å². The highest BCUT2D eigenvalue weighted by molar-refractivity contribution is 7.89. The number of ether oxygens (including phenoxy) is 1. The van der Waals surface area contributed by atoms with E-state index in [0.717, 1.165) is 0 Å². The van der Waals surface area contributed by atoms with Gasteiger partial charge in [-0.3, -0.25) is 14.6 Å². The Kier molecular flexibility index (Phi) is 7.32. The van der Waals surface area contributed by atoms with E-state index in [1.807, 2.05) is 20.8 Å². The SMILES string of the molecule is CC(C)C(C)NC(=O)COC(=O)C1CCN(S(=O)(=O)c2cccnc2)CC1. The fraction of sp³-hybridized carbons (Fsp3) is 0.611. The summed E-state index contributed by atoms with van der Waals surface area (Å²) in [6, 6.07) is 3.07. The van der Waals surface area contributed by atoms with E-state index >= 15 is 0 Å². The van der Waals surface area contributed by atoms with E-state index in [4.69, 9.17) is 4.74 Å². The quantitative estimate of drug-likeness (QED) is 0.693. The van der Waals surface area contributed by atoms with Crippen LogP contribution in [0.25, 0.3) is 0 Å². The second-order valence-corrected chi connectivity index (χ2v) is 9.01. The largest absolute Gasteiger partial charge is 0.455 e. The Balaban J connectivity index is 1.81. The van der Waals surface area contributed by atoms with E-state index in [2.05, 4.69) is 10.3 Å². The van der Waals surface area contributed by atoms with Crippen LogP contribution >= 0.6 is 0 Å². The first-order valence-electron chi connectivity index (χ1n) is 9.08. The lowest BCUT2D eigenvalue weighted by Crippen LogP contribution is -2.42. The van der Waals surface area contributed by atoms with Gasteiger partial charge in [0, 0.05) is 31.5 Å². The number of pyridine rings is 1. The van der Waals surface area contributed by atoms with E-state index in [1.54, 1.807) is 6.07 Å². The molecule has 1 amide bonds. The molecule has 0 bridgehead atoms. The third-order valence-electron chi connectivity index (χ3n) is 4.79. The van der Waals surface area contributed by atoms with Gasteiger partial charge in [0.15, 0.2) is 6.61 Å². The van der Waals surface area contributed by atoms with Crippen molar-refractivity contribution in [1.29, 1.82) is 0 Å². The van der Waals surface area contributed by atoms with E-state index in [-0.39, 0.29) is 42.5 Å². The predicted octanol–water partition coefficient (Wildman–Crippen LogP) is 1.19. The molecular weight excluding hydrogens is 370 g/mol. The van der Waals surface area contributed by atoms with Crippen molar-refractivity contribution in [2.75, 3.05) is 19.7 Å². The molecule has 1 aliphatic rings.